The largest absolute Gasteiger partial charge is 0.360 e. The van der Waals surface area contributed by atoms with E-state index >= 15 is 0 Å². The normalized spacial score (nSPS) is 10.9. The van der Waals surface area contributed by atoms with Crippen molar-refractivity contribution in [1.29, 1.82) is 5.26 Å². The van der Waals surface area contributed by atoms with Gasteiger partial charge in [-0.1, -0.05) is 48.2 Å². The molecule has 9 heteroatoms. The highest BCUT2D eigenvalue weighted by Gasteiger charge is 2.21. The fourth-order valence-corrected chi connectivity index (χ4v) is 5.11. The monoisotopic (exact) mass is 470 g/mol. The molecule has 162 valence electrons. The number of thiophene rings is 1. The molecule has 0 fully saturated rings. The van der Waals surface area contributed by atoms with E-state index in [-0.39, 0.29) is 11.7 Å². The molecule has 0 saturated heterocycles. The minimum Gasteiger partial charge on any atom is -0.360 e. The van der Waals surface area contributed by atoms with E-state index in [0.717, 1.165) is 27.7 Å². The fraction of sp³-hybridized carbons (Fsp3) is 0.0833. The molecule has 33 heavy (non-hydrogen) atoms. The van der Waals surface area contributed by atoms with Gasteiger partial charge in [0, 0.05) is 22.7 Å². The number of fused-ring (bicyclic) bond motifs is 1. The highest BCUT2D eigenvalue weighted by Crippen LogP contribution is 2.33. The first kappa shape index (κ1) is 21.0. The maximum Gasteiger partial charge on any atom is 0.235 e. The van der Waals surface area contributed by atoms with E-state index in [0.29, 0.717) is 21.5 Å². The first-order valence-corrected chi connectivity index (χ1v) is 12.0. The van der Waals surface area contributed by atoms with Crippen LogP contribution >= 0.6 is 23.1 Å². The van der Waals surface area contributed by atoms with Gasteiger partial charge in [-0.3, -0.25) is 9.36 Å². The summed E-state index contributed by atoms with van der Waals surface area (Å²) < 4.78 is 1.99. The fourth-order valence-electron chi connectivity index (χ4n) is 3.61. The summed E-state index contributed by atoms with van der Waals surface area (Å²) in [7, 11) is 0. The van der Waals surface area contributed by atoms with Gasteiger partial charge in [0.05, 0.1) is 17.0 Å². The molecule has 3 aromatic heterocycles. The van der Waals surface area contributed by atoms with Crippen molar-refractivity contribution < 1.29 is 4.79 Å². The highest BCUT2D eigenvalue weighted by atomic mass is 32.2. The molecule has 0 radical (unpaired) electrons. The van der Waals surface area contributed by atoms with Gasteiger partial charge in [-0.2, -0.15) is 5.26 Å². The van der Waals surface area contributed by atoms with E-state index in [4.69, 9.17) is 5.26 Å². The smallest absolute Gasteiger partial charge is 0.235 e. The summed E-state index contributed by atoms with van der Waals surface area (Å²) in [5.74, 6) is 0.641. The number of carbonyl (C=O) groups excluding carboxylic acids is 1. The van der Waals surface area contributed by atoms with Gasteiger partial charge < -0.3 is 10.3 Å². The van der Waals surface area contributed by atoms with Gasteiger partial charge in [-0.25, -0.2) is 0 Å². The van der Waals surface area contributed by atoms with Crippen molar-refractivity contribution in [1.82, 2.24) is 19.7 Å². The summed E-state index contributed by atoms with van der Waals surface area (Å²) in [6, 6.07) is 19.8. The molecule has 3 heterocycles. The number of thioether (sulfide) groups is 1. The maximum atomic E-state index is 12.6. The number of hydrogen-bond acceptors (Lipinski definition) is 6. The second-order valence-corrected chi connectivity index (χ2v) is 9.15. The Morgan fingerprint density at radius 3 is 2.85 bits per heavy atom. The lowest BCUT2D eigenvalue weighted by atomic mass is 10.1. The Labute approximate surface area is 198 Å². The second-order valence-electron chi connectivity index (χ2n) is 7.29. The molecule has 0 unspecified atom stereocenters. The Morgan fingerprint density at radius 1 is 1.18 bits per heavy atom. The van der Waals surface area contributed by atoms with Gasteiger partial charge >= 0.3 is 0 Å². The zero-order valence-corrected chi connectivity index (χ0v) is 19.2. The first-order chi connectivity index (χ1) is 16.2. The predicted octanol–water partition coefficient (Wildman–Crippen LogP) is 5.39. The number of nitriles is 1. The van der Waals surface area contributed by atoms with E-state index in [2.05, 4.69) is 26.6 Å². The molecule has 2 aromatic carbocycles. The summed E-state index contributed by atoms with van der Waals surface area (Å²) in [5, 5.41) is 24.9. The van der Waals surface area contributed by atoms with Crippen molar-refractivity contribution in [2.75, 3.05) is 11.1 Å². The Hall–Kier alpha value is -3.87. The second kappa shape index (κ2) is 8.94. The third-order valence-electron chi connectivity index (χ3n) is 5.19. The number of H-pyrrole nitrogens is 1. The van der Waals surface area contributed by atoms with Crippen molar-refractivity contribution in [3.8, 4) is 23.1 Å². The standard InChI is InChI=1S/C24H18N6OS2/c1-15-6-2-5-9-20(15)30-22(18-13-26-19-8-4-3-7-17(18)19)28-29-24(30)33-14-21(31)27-23-16(12-25)10-11-32-23/h2-11,13,26H,14H2,1H3,(H,27,31). The van der Waals surface area contributed by atoms with Crippen LogP contribution < -0.4 is 5.32 Å². The number of benzene rings is 2. The molecular weight excluding hydrogens is 452 g/mol. The van der Waals surface area contributed by atoms with Crippen LogP contribution in [0.5, 0.6) is 0 Å². The number of amides is 1. The minimum atomic E-state index is -0.202. The van der Waals surface area contributed by atoms with E-state index in [9.17, 15) is 4.79 Å². The van der Waals surface area contributed by atoms with Crippen molar-refractivity contribution in [2.45, 2.75) is 12.1 Å². The predicted molar refractivity (Wildman–Crippen MR) is 132 cm³/mol. The molecule has 0 aliphatic rings. The Morgan fingerprint density at radius 2 is 2.00 bits per heavy atom. The molecular formula is C24H18N6OS2. The lowest BCUT2D eigenvalue weighted by molar-refractivity contribution is -0.113. The van der Waals surface area contributed by atoms with Crippen molar-refractivity contribution >= 4 is 44.9 Å². The highest BCUT2D eigenvalue weighted by molar-refractivity contribution is 7.99. The minimum absolute atomic E-state index is 0.140. The number of hydrogen-bond donors (Lipinski definition) is 2. The van der Waals surface area contributed by atoms with Gasteiger partial charge in [0.25, 0.3) is 0 Å². The van der Waals surface area contributed by atoms with Crippen LogP contribution in [0.15, 0.2) is 71.3 Å². The van der Waals surface area contributed by atoms with E-state index in [1.807, 2.05) is 66.2 Å². The van der Waals surface area contributed by atoms with Gasteiger partial charge in [0.1, 0.15) is 11.1 Å². The van der Waals surface area contributed by atoms with Crippen LogP contribution in [0.2, 0.25) is 0 Å². The van der Waals surface area contributed by atoms with Crippen LogP contribution in [0.3, 0.4) is 0 Å². The maximum absolute atomic E-state index is 12.6. The summed E-state index contributed by atoms with van der Waals surface area (Å²) in [5.41, 5.74) is 4.44. The zero-order chi connectivity index (χ0) is 22.8. The molecule has 0 aliphatic carbocycles. The summed E-state index contributed by atoms with van der Waals surface area (Å²) >= 11 is 2.64. The molecule has 1 amide bonds. The number of anilines is 1. The van der Waals surface area contributed by atoms with Crippen molar-refractivity contribution in [2.24, 2.45) is 0 Å². The molecule has 7 nitrogen and oxygen atoms in total. The first-order valence-electron chi connectivity index (χ1n) is 10.1. The zero-order valence-electron chi connectivity index (χ0n) is 17.6. The van der Waals surface area contributed by atoms with Gasteiger partial charge in [0.2, 0.25) is 5.91 Å². The molecule has 0 atom stereocenters. The third-order valence-corrected chi connectivity index (χ3v) is 6.95. The molecule has 0 spiro atoms. The van der Waals surface area contributed by atoms with E-state index in [1.54, 1.807) is 11.4 Å². The van der Waals surface area contributed by atoms with Crippen molar-refractivity contribution in [3.63, 3.8) is 0 Å². The van der Waals surface area contributed by atoms with Crippen LogP contribution in [0, 0.1) is 18.3 Å². The third kappa shape index (κ3) is 4.02. The van der Waals surface area contributed by atoms with Crippen molar-refractivity contribution in [3.05, 3.63) is 77.3 Å². The topological polar surface area (TPSA) is 99.4 Å². The van der Waals surface area contributed by atoms with Crippen LogP contribution in [0.1, 0.15) is 11.1 Å². The van der Waals surface area contributed by atoms with Crippen LogP contribution in [0.4, 0.5) is 5.00 Å². The van der Waals surface area contributed by atoms with E-state index in [1.165, 1.54) is 23.1 Å². The number of aromatic nitrogens is 4. The molecule has 0 aliphatic heterocycles. The van der Waals surface area contributed by atoms with Gasteiger partial charge in [-0.05, 0) is 36.1 Å². The molecule has 0 saturated carbocycles. The lowest BCUT2D eigenvalue weighted by Gasteiger charge is -2.12. The number of carbonyl (C=O) groups is 1. The lowest BCUT2D eigenvalue weighted by Crippen LogP contribution is -2.14. The SMILES string of the molecule is Cc1ccccc1-n1c(SCC(=O)Nc2sccc2C#N)nnc1-c1c[nH]c2ccccc12. The van der Waals surface area contributed by atoms with E-state index < -0.39 is 0 Å². The Kier molecular flexibility index (Phi) is 5.69. The quantitative estimate of drug-likeness (QED) is 0.324. The molecule has 5 rings (SSSR count). The number of aromatic amines is 1. The van der Waals surface area contributed by atoms with Crippen LogP contribution in [-0.2, 0) is 4.79 Å². The van der Waals surface area contributed by atoms with Gasteiger partial charge in [0.15, 0.2) is 11.0 Å². The summed E-state index contributed by atoms with van der Waals surface area (Å²) in [6.07, 6.45) is 1.94. The van der Waals surface area contributed by atoms with Crippen LogP contribution in [-0.4, -0.2) is 31.4 Å². The number of nitrogens with one attached hydrogen (secondary N) is 2. The summed E-state index contributed by atoms with van der Waals surface area (Å²) in [6.45, 7) is 2.04. The number of para-hydroxylation sites is 2. The van der Waals surface area contributed by atoms with Gasteiger partial charge in [-0.15, -0.1) is 21.5 Å². The number of nitrogens with zero attached hydrogens (tertiary/aromatic N) is 4. The Bertz CT molecular complexity index is 1510. The summed E-state index contributed by atoms with van der Waals surface area (Å²) in [4.78, 5) is 15.9. The molecule has 0 bridgehead atoms. The number of rotatable bonds is 6. The number of aryl methyl sites for hydroxylation is 1. The average molecular weight is 471 g/mol. The van der Waals surface area contributed by atoms with Crippen LogP contribution in [0.25, 0.3) is 28.0 Å². The molecule has 5 aromatic rings. The Balaban J connectivity index is 1.50. The molecule has 2 N–H and O–H groups in total. The average Bonchev–Trinajstić information content (AvgIpc) is 3.56.